The Kier molecular flexibility index (Phi) is 5.65. The number of ether oxygens (including phenoxy) is 2. The fraction of sp³-hybridized carbons (Fsp3) is 0.567. The van der Waals surface area contributed by atoms with Crippen LogP contribution in [-0.4, -0.2) is 72.6 Å². The second-order valence-corrected chi connectivity index (χ2v) is 14.2. The fourth-order valence-corrected chi connectivity index (χ4v) is 9.80. The number of phenols is 1. The molecule has 208 valence electrons. The smallest absolute Gasteiger partial charge is 0.303 e. The maximum atomic E-state index is 13.7. The highest BCUT2D eigenvalue weighted by Crippen LogP contribution is 2.67. The molecule has 0 aromatic heterocycles. The monoisotopic (exact) mass is 552 g/mol. The summed E-state index contributed by atoms with van der Waals surface area (Å²) in [6.07, 6.45) is 4.34. The summed E-state index contributed by atoms with van der Waals surface area (Å²) in [7, 11) is -2.03. The molecule has 5 aliphatic rings. The molecule has 2 aromatic rings. The number of likely N-dealkylation sites (N-methyl/N-ethyl adjacent to an activating group) is 1. The number of hydrogen-bond donors (Lipinski definition) is 1. The van der Waals surface area contributed by atoms with Gasteiger partial charge in [-0.2, -0.15) is 4.31 Å². The zero-order valence-electron chi connectivity index (χ0n) is 22.5. The highest BCUT2D eigenvalue weighted by molar-refractivity contribution is 7.88. The van der Waals surface area contributed by atoms with E-state index in [4.69, 9.17) is 9.47 Å². The number of carbonyl (C=O) groups is 1. The first kappa shape index (κ1) is 25.4. The molecule has 1 spiro atoms. The first-order valence-corrected chi connectivity index (χ1v) is 15.7. The maximum Gasteiger partial charge on any atom is 0.303 e. The highest BCUT2D eigenvalue weighted by Gasteiger charge is 2.75. The van der Waals surface area contributed by atoms with E-state index in [1.54, 1.807) is 13.1 Å². The van der Waals surface area contributed by atoms with Gasteiger partial charge >= 0.3 is 5.97 Å². The molecule has 3 fully saturated rings. The summed E-state index contributed by atoms with van der Waals surface area (Å²) in [6, 6.07) is 12.4. The van der Waals surface area contributed by atoms with E-state index in [-0.39, 0.29) is 23.5 Å². The molecule has 0 amide bonds. The zero-order chi connectivity index (χ0) is 27.2. The number of benzene rings is 2. The Bertz CT molecular complexity index is 1430. The minimum Gasteiger partial charge on any atom is -0.504 e. The standard InChI is InChI=1S/C30H36N2O6S/c1-19(33)38-30-13-12-23(31(2)39(35,36)18-21-6-4-3-5-7-21)28-29(30)14-15-32(17-20-8-9-20)25(30)16-22-10-11-24(34)27(37-28)26(22)29/h3-7,10-11,20,23,25,28,34H,8-9,12-18H2,1-2H3/t23-,25+,28-,29-,30+/m0/s1. The molecule has 1 N–H and O–H groups in total. The van der Waals surface area contributed by atoms with E-state index in [9.17, 15) is 18.3 Å². The number of piperidine rings is 1. The first-order valence-electron chi connectivity index (χ1n) is 14.1. The van der Waals surface area contributed by atoms with Crippen LogP contribution in [0, 0.1) is 5.92 Å². The van der Waals surface area contributed by atoms with E-state index >= 15 is 0 Å². The number of rotatable bonds is 7. The van der Waals surface area contributed by atoms with Crippen molar-refractivity contribution in [3.05, 3.63) is 59.2 Å². The Hall–Kier alpha value is -2.62. The van der Waals surface area contributed by atoms with Gasteiger partial charge in [-0.1, -0.05) is 36.4 Å². The summed E-state index contributed by atoms with van der Waals surface area (Å²) in [5.41, 5.74) is 1.19. The number of aromatic hydroxyl groups is 1. The van der Waals surface area contributed by atoms with Crippen LogP contribution in [0.15, 0.2) is 42.5 Å². The number of sulfonamides is 1. The second-order valence-electron chi connectivity index (χ2n) is 12.2. The molecule has 9 heteroatoms. The van der Waals surface area contributed by atoms with E-state index < -0.39 is 33.2 Å². The van der Waals surface area contributed by atoms with Crippen LogP contribution >= 0.6 is 0 Å². The van der Waals surface area contributed by atoms with Gasteiger partial charge < -0.3 is 14.6 Å². The highest BCUT2D eigenvalue weighted by atomic mass is 32.2. The third-order valence-electron chi connectivity index (χ3n) is 10.1. The van der Waals surface area contributed by atoms with Crippen LogP contribution in [0.25, 0.3) is 0 Å². The SMILES string of the molecule is CC(=O)O[C@@]12CC[C@H](N(C)S(=O)(=O)Cc3ccccc3)[C@@H]3Oc4c(O)ccc5c4[C@@]31CCN(CC1CC1)[C@@H]2C5. The molecular formula is C30H36N2O6S. The molecule has 3 aliphatic carbocycles. The molecule has 7 rings (SSSR count). The normalized spacial score (nSPS) is 32.9. The lowest BCUT2D eigenvalue weighted by atomic mass is 9.48. The molecule has 0 radical (unpaired) electrons. The molecule has 1 saturated heterocycles. The first-order chi connectivity index (χ1) is 18.7. The van der Waals surface area contributed by atoms with Crippen molar-refractivity contribution >= 4 is 16.0 Å². The molecule has 0 unspecified atom stereocenters. The summed E-state index contributed by atoms with van der Waals surface area (Å²) in [5, 5.41) is 11.0. The van der Waals surface area contributed by atoms with Crippen molar-refractivity contribution in [3.8, 4) is 11.5 Å². The van der Waals surface area contributed by atoms with Crippen molar-refractivity contribution in [3.63, 3.8) is 0 Å². The second kappa shape index (κ2) is 8.69. The van der Waals surface area contributed by atoms with Crippen molar-refractivity contribution < 1.29 is 27.8 Å². The van der Waals surface area contributed by atoms with E-state index in [0.29, 0.717) is 37.4 Å². The molecule has 2 bridgehead atoms. The van der Waals surface area contributed by atoms with Crippen molar-refractivity contribution in [2.75, 3.05) is 20.1 Å². The van der Waals surface area contributed by atoms with Gasteiger partial charge in [-0.3, -0.25) is 9.69 Å². The molecule has 2 aromatic carbocycles. The topological polar surface area (TPSA) is 96.4 Å². The zero-order valence-corrected chi connectivity index (χ0v) is 23.3. The lowest BCUT2D eigenvalue weighted by molar-refractivity contribution is -0.221. The Morgan fingerprint density at radius 2 is 1.92 bits per heavy atom. The third-order valence-corrected chi connectivity index (χ3v) is 12.0. The Labute approximate surface area is 229 Å². The van der Waals surface area contributed by atoms with Gasteiger partial charge in [0.15, 0.2) is 11.5 Å². The minimum atomic E-state index is -3.68. The van der Waals surface area contributed by atoms with Gasteiger partial charge in [0.2, 0.25) is 10.0 Å². The quantitative estimate of drug-likeness (QED) is 0.527. The van der Waals surface area contributed by atoms with Crippen molar-refractivity contribution in [2.45, 2.75) is 80.4 Å². The minimum absolute atomic E-state index is 0.0166. The van der Waals surface area contributed by atoms with Crippen LogP contribution in [0.4, 0.5) is 0 Å². The van der Waals surface area contributed by atoms with E-state index in [1.165, 1.54) is 24.1 Å². The van der Waals surface area contributed by atoms with Gasteiger partial charge in [0, 0.05) is 26.1 Å². The van der Waals surface area contributed by atoms with Crippen molar-refractivity contribution in [1.29, 1.82) is 0 Å². The van der Waals surface area contributed by atoms with Crippen LogP contribution < -0.4 is 4.74 Å². The van der Waals surface area contributed by atoms with Gasteiger partial charge in [0.1, 0.15) is 11.7 Å². The van der Waals surface area contributed by atoms with Gasteiger partial charge in [-0.25, -0.2) is 8.42 Å². The number of likely N-dealkylation sites (tertiary alicyclic amines) is 1. The average Bonchev–Trinajstić information content (AvgIpc) is 3.64. The molecule has 8 nitrogen and oxygen atoms in total. The van der Waals surface area contributed by atoms with Crippen LogP contribution in [0.2, 0.25) is 0 Å². The number of carbonyl (C=O) groups excluding carboxylic acids is 1. The van der Waals surface area contributed by atoms with Crippen LogP contribution in [0.1, 0.15) is 55.7 Å². The Balaban J connectivity index is 1.34. The van der Waals surface area contributed by atoms with E-state index in [2.05, 4.69) is 4.90 Å². The summed E-state index contributed by atoms with van der Waals surface area (Å²) in [5.74, 6) is 0.751. The summed E-state index contributed by atoms with van der Waals surface area (Å²) < 4.78 is 42.1. The Morgan fingerprint density at radius 3 is 2.64 bits per heavy atom. The van der Waals surface area contributed by atoms with Crippen LogP contribution in [0.5, 0.6) is 11.5 Å². The summed E-state index contributed by atoms with van der Waals surface area (Å²) in [6.45, 7) is 3.29. The van der Waals surface area contributed by atoms with E-state index in [1.807, 2.05) is 36.4 Å². The largest absolute Gasteiger partial charge is 0.504 e. The number of hydrogen-bond acceptors (Lipinski definition) is 7. The molecular weight excluding hydrogens is 516 g/mol. The molecule has 5 atom stereocenters. The maximum absolute atomic E-state index is 13.7. The molecule has 2 saturated carbocycles. The van der Waals surface area contributed by atoms with Gasteiger partial charge in [-0.15, -0.1) is 0 Å². The number of phenolic OH excluding ortho intramolecular Hbond substituents is 1. The lowest BCUT2D eigenvalue weighted by Crippen LogP contribution is -2.79. The molecule has 39 heavy (non-hydrogen) atoms. The van der Waals surface area contributed by atoms with Crippen LogP contribution in [-0.2, 0) is 37.1 Å². The lowest BCUT2D eigenvalue weighted by Gasteiger charge is -2.65. The summed E-state index contributed by atoms with van der Waals surface area (Å²) >= 11 is 0. The average molecular weight is 553 g/mol. The third kappa shape index (κ3) is 3.62. The fourth-order valence-electron chi connectivity index (χ4n) is 8.36. The number of nitrogens with zero attached hydrogens (tertiary/aromatic N) is 2. The predicted octanol–water partition coefficient (Wildman–Crippen LogP) is 3.36. The van der Waals surface area contributed by atoms with Crippen molar-refractivity contribution in [2.24, 2.45) is 5.92 Å². The van der Waals surface area contributed by atoms with E-state index in [0.717, 1.165) is 29.8 Å². The Morgan fingerprint density at radius 1 is 1.15 bits per heavy atom. The predicted molar refractivity (Wildman–Crippen MR) is 145 cm³/mol. The van der Waals surface area contributed by atoms with Gasteiger partial charge in [0.25, 0.3) is 0 Å². The summed E-state index contributed by atoms with van der Waals surface area (Å²) in [4.78, 5) is 15.3. The van der Waals surface area contributed by atoms with Gasteiger partial charge in [0.05, 0.1) is 23.3 Å². The number of esters is 1. The molecule has 2 aliphatic heterocycles. The van der Waals surface area contributed by atoms with Crippen LogP contribution in [0.3, 0.4) is 0 Å². The van der Waals surface area contributed by atoms with Gasteiger partial charge in [-0.05, 0) is 68.2 Å². The molecule has 2 heterocycles. The van der Waals surface area contributed by atoms with Crippen molar-refractivity contribution in [1.82, 2.24) is 9.21 Å².